The van der Waals surface area contributed by atoms with Crippen molar-refractivity contribution in [3.63, 3.8) is 0 Å². The minimum Gasteiger partial charge on any atom is -0.377 e. The van der Waals surface area contributed by atoms with E-state index >= 15 is 0 Å². The van der Waals surface area contributed by atoms with Crippen LogP contribution in [-0.4, -0.2) is 81.1 Å². The number of amides is 1. The van der Waals surface area contributed by atoms with E-state index in [0.29, 0.717) is 26.1 Å². The molecular weight excluding hydrogens is 292 g/mol. The Morgan fingerprint density at radius 1 is 1.38 bits per heavy atom. The minimum absolute atomic E-state index is 0.0218. The van der Waals surface area contributed by atoms with Crippen LogP contribution in [0.1, 0.15) is 26.2 Å². The maximum absolute atomic E-state index is 12.4. The van der Waals surface area contributed by atoms with E-state index in [1.54, 1.807) is 0 Å². The molecule has 122 valence electrons. The molecule has 2 unspecified atom stereocenters. The second-order valence-corrected chi connectivity index (χ2v) is 8.26. The van der Waals surface area contributed by atoms with Crippen LogP contribution in [0.25, 0.3) is 0 Å². The molecule has 21 heavy (non-hydrogen) atoms. The predicted molar refractivity (Wildman–Crippen MR) is 80.9 cm³/mol. The smallest absolute Gasteiger partial charge is 0.236 e. The monoisotopic (exact) mass is 318 g/mol. The molecule has 0 bridgehead atoms. The van der Waals surface area contributed by atoms with Crippen molar-refractivity contribution >= 4 is 15.7 Å². The summed E-state index contributed by atoms with van der Waals surface area (Å²) in [4.78, 5) is 16.1. The Morgan fingerprint density at radius 3 is 2.76 bits per heavy atom. The van der Waals surface area contributed by atoms with Crippen LogP contribution in [0.3, 0.4) is 0 Å². The molecule has 0 N–H and O–H groups in total. The minimum atomic E-state index is -2.90. The first-order chi connectivity index (χ1) is 9.91. The number of rotatable bonds is 5. The molecule has 6 nitrogen and oxygen atoms in total. The number of hydrogen-bond donors (Lipinski definition) is 0. The second kappa shape index (κ2) is 7.07. The van der Waals surface area contributed by atoms with E-state index in [2.05, 4.69) is 0 Å². The Labute approximate surface area is 127 Å². The zero-order chi connectivity index (χ0) is 15.5. The van der Waals surface area contributed by atoms with Crippen molar-refractivity contribution in [2.75, 3.05) is 44.8 Å². The Kier molecular flexibility index (Phi) is 5.62. The van der Waals surface area contributed by atoms with Crippen molar-refractivity contribution < 1.29 is 17.9 Å². The fourth-order valence-corrected chi connectivity index (χ4v) is 4.91. The van der Waals surface area contributed by atoms with Gasteiger partial charge in [-0.25, -0.2) is 8.42 Å². The molecule has 0 saturated carbocycles. The van der Waals surface area contributed by atoms with Crippen LogP contribution in [0, 0.1) is 0 Å². The highest BCUT2D eigenvalue weighted by atomic mass is 32.2. The van der Waals surface area contributed by atoms with Gasteiger partial charge in [-0.1, -0.05) is 0 Å². The number of ether oxygens (including phenoxy) is 1. The lowest BCUT2D eigenvalue weighted by atomic mass is 10.1. The molecule has 2 heterocycles. The number of carbonyl (C=O) groups excluding carboxylic acids is 1. The average molecular weight is 318 g/mol. The number of hydrogen-bond acceptors (Lipinski definition) is 5. The highest BCUT2D eigenvalue weighted by Crippen LogP contribution is 2.18. The van der Waals surface area contributed by atoms with Crippen molar-refractivity contribution in [3.05, 3.63) is 0 Å². The zero-order valence-corrected chi connectivity index (χ0v) is 13.8. The Balaban J connectivity index is 1.83. The summed E-state index contributed by atoms with van der Waals surface area (Å²) in [5.41, 5.74) is 0. The fourth-order valence-electron chi connectivity index (χ4n) is 3.10. The van der Waals surface area contributed by atoms with Gasteiger partial charge in [-0.15, -0.1) is 0 Å². The first-order valence-corrected chi connectivity index (χ1v) is 9.53. The van der Waals surface area contributed by atoms with E-state index in [-0.39, 0.29) is 29.6 Å². The number of piperidine rings is 1. The molecule has 2 atom stereocenters. The van der Waals surface area contributed by atoms with E-state index in [9.17, 15) is 13.2 Å². The molecule has 2 aliphatic rings. The Morgan fingerprint density at radius 2 is 2.14 bits per heavy atom. The first kappa shape index (κ1) is 16.7. The molecule has 0 aliphatic carbocycles. The van der Waals surface area contributed by atoms with E-state index in [4.69, 9.17) is 4.74 Å². The lowest BCUT2D eigenvalue weighted by Crippen LogP contribution is -2.48. The van der Waals surface area contributed by atoms with E-state index in [1.807, 2.05) is 23.8 Å². The number of sulfone groups is 1. The quantitative estimate of drug-likeness (QED) is 0.721. The molecule has 0 spiro atoms. The van der Waals surface area contributed by atoms with Crippen LogP contribution in [-0.2, 0) is 19.4 Å². The van der Waals surface area contributed by atoms with Crippen LogP contribution < -0.4 is 0 Å². The number of nitrogens with zero attached hydrogens (tertiary/aromatic N) is 2. The van der Waals surface area contributed by atoms with Gasteiger partial charge in [0.1, 0.15) is 0 Å². The summed E-state index contributed by atoms with van der Waals surface area (Å²) < 4.78 is 28.6. The zero-order valence-electron chi connectivity index (χ0n) is 13.0. The van der Waals surface area contributed by atoms with Gasteiger partial charge in [0.15, 0.2) is 9.84 Å². The first-order valence-electron chi connectivity index (χ1n) is 7.71. The predicted octanol–water partition coefficient (Wildman–Crippen LogP) is 0.133. The van der Waals surface area contributed by atoms with Crippen molar-refractivity contribution in [3.8, 4) is 0 Å². The highest BCUT2D eigenvalue weighted by molar-refractivity contribution is 7.91. The Bertz CT molecular complexity index is 464. The summed E-state index contributed by atoms with van der Waals surface area (Å²) in [6.45, 7) is 4.36. The number of likely N-dealkylation sites (N-methyl/N-ethyl adjacent to an activating group) is 1. The van der Waals surface area contributed by atoms with Gasteiger partial charge in [0, 0.05) is 25.7 Å². The number of carbonyl (C=O) groups is 1. The normalized spacial score (nSPS) is 29.0. The largest absolute Gasteiger partial charge is 0.377 e. The van der Waals surface area contributed by atoms with Gasteiger partial charge in [0.05, 0.1) is 24.2 Å². The van der Waals surface area contributed by atoms with Gasteiger partial charge in [-0.3, -0.25) is 9.69 Å². The lowest BCUT2D eigenvalue weighted by Gasteiger charge is -2.34. The van der Waals surface area contributed by atoms with Gasteiger partial charge in [0.25, 0.3) is 0 Å². The van der Waals surface area contributed by atoms with Crippen molar-refractivity contribution in [2.45, 2.75) is 38.3 Å². The summed E-state index contributed by atoms with van der Waals surface area (Å²) in [5.74, 6) is 0.496. The third kappa shape index (κ3) is 4.66. The second-order valence-electron chi connectivity index (χ2n) is 6.03. The molecule has 1 amide bonds. The van der Waals surface area contributed by atoms with Crippen molar-refractivity contribution in [1.29, 1.82) is 0 Å². The Hall–Kier alpha value is -0.660. The topological polar surface area (TPSA) is 66.9 Å². The molecule has 0 radical (unpaired) electrons. The maximum Gasteiger partial charge on any atom is 0.236 e. The SMILES string of the molecule is CCOC1CCCN(C(=O)CN(C)C2CCS(=O)(=O)C2)C1. The van der Waals surface area contributed by atoms with Crippen LogP contribution in [0.2, 0.25) is 0 Å². The third-order valence-corrected chi connectivity index (χ3v) is 6.10. The molecule has 0 aromatic heterocycles. The van der Waals surface area contributed by atoms with Crippen LogP contribution in [0.4, 0.5) is 0 Å². The summed E-state index contributed by atoms with van der Waals surface area (Å²) in [6.07, 6.45) is 2.75. The lowest BCUT2D eigenvalue weighted by molar-refractivity contribution is -0.136. The van der Waals surface area contributed by atoms with Gasteiger partial charge in [-0.05, 0) is 33.2 Å². The van der Waals surface area contributed by atoms with Gasteiger partial charge in [-0.2, -0.15) is 0 Å². The van der Waals surface area contributed by atoms with E-state index < -0.39 is 9.84 Å². The van der Waals surface area contributed by atoms with Crippen molar-refractivity contribution in [2.24, 2.45) is 0 Å². The number of likely N-dealkylation sites (tertiary alicyclic amines) is 1. The van der Waals surface area contributed by atoms with Crippen molar-refractivity contribution in [1.82, 2.24) is 9.80 Å². The summed E-state index contributed by atoms with van der Waals surface area (Å²) in [5, 5.41) is 0. The molecule has 2 rings (SSSR count). The molecule has 2 saturated heterocycles. The average Bonchev–Trinajstić information content (AvgIpc) is 2.80. The van der Waals surface area contributed by atoms with E-state index in [1.165, 1.54) is 0 Å². The maximum atomic E-state index is 12.4. The van der Waals surface area contributed by atoms with Gasteiger partial charge >= 0.3 is 0 Å². The van der Waals surface area contributed by atoms with Crippen LogP contribution in [0.15, 0.2) is 0 Å². The molecule has 2 aliphatic heterocycles. The standard InChI is InChI=1S/C14H26N2O4S/c1-3-20-13-5-4-7-16(9-13)14(17)10-15(2)12-6-8-21(18,19)11-12/h12-13H,3-11H2,1-2H3. The summed E-state index contributed by atoms with van der Waals surface area (Å²) in [6, 6.07) is -0.0218. The molecular formula is C14H26N2O4S. The highest BCUT2D eigenvalue weighted by Gasteiger charge is 2.32. The molecule has 2 fully saturated rings. The van der Waals surface area contributed by atoms with E-state index in [0.717, 1.165) is 19.4 Å². The third-order valence-electron chi connectivity index (χ3n) is 4.35. The molecule has 0 aromatic carbocycles. The fraction of sp³-hybridized carbons (Fsp3) is 0.929. The van der Waals surface area contributed by atoms with Crippen LogP contribution >= 0.6 is 0 Å². The summed E-state index contributed by atoms with van der Waals surface area (Å²) in [7, 11) is -1.06. The molecule has 0 aromatic rings. The molecule has 7 heteroatoms. The van der Waals surface area contributed by atoms with Gasteiger partial charge in [0.2, 0.25) is 5.91 Å². The summed E-state index contributed by atoms with van der Waals surface area (Å²) >= 11 is 0. The van der Waals surface area contributed by atoms with Gasteiger partial charge < -0.3 is 9.64 Å². The van der Waals surface area contributed by atoms with Crippen LogP contribution in [0.5, 0.6) is 0 Å².